The summed E-state index contributed by atoms with van der Waals surface area (Å²) >= 11 is 0.397. The first-order valence-electron chi connectivity index (χ1n) is 4.27. The van der Waals surface area contributed by atoms with Gasteiger partial charge in [-0.05, 0) is 0 Å². The lowest BCUT2D eigenvalue weighted by Crippen LogP contribution is -2.07. The zero-order valence-corrected chi connectivity index (χ0v) is 8.57. The fraction of sp³-hybridized carbons (Fsp3) is 0.100. The Labute approximate surface area is 92.4 Å². The van der Waals surface area contributed by atoms with Crippen LogP contribution in [0.3, 0.4) is 0 Å². The maximum atomic E-state index is 13.0. The molecule has 2 aromatic rings. The van der Waals surface area contributed by atoms with Crippen LogP contribution in [-0.2, 0) is 6.18 Å². The fourth-order valence-electron chi connectivity index (χ4n) is 1.18. The van der Waals surface area contributed by atoms with Crippen molar-refractivity contribution in [2.45, 2.75) is 6.18 Å². The van der Waals surface area contributed by atoms with E-state index in [9.17, 15) is 17.6 Å². The van der Waals surface area contributed by atoms with Crippen molar-refractivity contribution in [2.75, 3.05) is 0 Å². The van der Waals surface area contributed by atoms with Gasteiger partial charge in [-0.2, -0.15) is 17.6 Å². The Morgan fingerprint density at radius 2 is 1.69 bits per heavy atom. The number of halogens is 4. The van der Waals surface area contributed by atoms with E-state index < -0.39 is 17.0 Å². The molecule has 0 fully saturated rings. The number of hydrogen-bond acceptors (Lipinski definition) is 2. The quantitative estimate of drug-likeness (QED) is 0.695. The zero-order valence-electron chi connectivity index (χ0n) is 7.75. The predicted molar refractivity (Wildman–Crippen MR) is 52.5 cm³/mol. The van der Waals surface area contributed by atoms with Crippen molar-refractivity contribution in [3.05, 3.63) is 41.2 Å². The van der Waals surface area contributed by atoms with Crippen molar-refractivity contribution in [2.24, 2.45) is 0 Å². The van der Waals surface area contributed by atoms with Gasteiger partial charge < -0.3 is 0 Å². The molecular weight excluding hydrogens is 242 g/mol. The van der Waals surface area contributed by atoms with Crippen LogP contribution >= 0.6 is 11.3 Å². The summed E-state index contributed by atoms with van der Waals surface area (Å²) in [7, 11) is 0. The van der Waals surface area contributed by atoms with Gasteiger partial charge in [-0.1, -0.05) is 41.7 Å². The Kier molecular flexibility index (Phi) is 2.67. The number of thiazole rings is 1. The number of aromatic nitrogens is 1. The summed E-state index contributed by atoms with van der Waals surface area (Å²) in [5.74, 6) is 0. The van der Waals surface area contributed by atoms with Gasteiger partial charge in [0, 0.05) is 5.56 Å². The number of benzene rings is 1. The molecule has 1 aromatic carbocycles. The molecule has 0 atom stereocenters. The summed E-state index contributed by atoms with van der Waals surface area (Å²) < 4.78 is 49.9. The smallest absolute Gasteiger partial charge is 0.228 e. The van der Waals surface area contributed by atoms with E-state index in [1.807, 2.05) is 0 Å². The molecule has 0 aliphatic heterocycles. The van der Waals surface area contributed by atoms with Gasteiger partial charge in [0.25, 0.3) is 0 Å². The van der Waals surface area contributed by atoms with Crippen LogP contribution in [0.15, 0.2) is 30.3 Å². The lowest BCUT2D eigenvalue weighted by Gasteiger charge is -2.00. The van der Waals surface area contributed by atoms with E-state index in [4.69, 9.17) is 0 Å². The van der Waals surface area contributed by atoms with E-state index in [2.05, 4.69) is 4.98 Å². The molecule has 0 aliphatic rings. The maximum Gasteiger partial charge on any atom is 0.437 e. The van der Waals surface area contributed by atoms with Crippen LogP contribution in [-0.4, -0.2) is 4.98 Å². The zero-order chi connectivity index (χ0) is 11.8. The van der Waals surface area contributed by atoms with Crippen molar-refractivity contribution in [1.82, 2.24) is 4.98 Å². The second-order valence-corrected chi connectivity index (χ2v) is 3.95. The molecule has 0 bridgehead atoms. The molecule has 0 radical (unpaired) electrons. The second-order valence-electron chi connectivity index (χ2n) is 3.01. The molecular formula is C10H5F4NS. The van der Waals surface area contributed by atoms with Crippen molar-refractivity contribution in [3.63, 3.8) is 0 Å². The van der Waals surface area contributed by atoms with Gasteiger partial charge in [-0.15, -0.1) is 0 Å². The number of hydrogen-bond donors (Lipinski definition) is 0. The van der Waals surface area contributed by atoms with Crippen molar-refractivity contribution >= 4 is 11.3 Å². The van der Waals surface area contributed by atoms with E-state index in [-0.39, 0.29) is 5.01 Å². The first-order chi connectivity index (χ1) is 7.48. The Balaban J connectivity index is 2.47. The van der Waals surface area contributed by atoms with Crippen molar-refractivity contribution in [3.8, 4) is 10.6 Å². The highest BCUT2D eigenvalue weighted by Gasteiger charge is 2.38. The Morgan fingerprint density at radius 3 is 2.19 bits per heavy atom. The van der Waals surface area contributed by atoms with Crippen molar-refractivity contribution in [1.29, 1.82) is 0 Å². The minimum atomic E-state index is -4.74. The molecule has 1 nitrogen and oxygen atoms in total. The maximum absolute atomic E-state index is 13.0. The van der Waals surface area contributed by atoms with Crippen LogP contribution in [0.1, 0.15) is 5.69 Å². The molecule has 1 aromatic heterocycles. The molecule has 0 saturated heterocycles. The van der Waals surface area contributed by atoms with E-state index in [1.54, 1.807) is 30.3 Å². The van der Waals surface area contributed by atoms with Crippen molar-refractivity contribution < 1.29 is 17.6 Å². The van der Waals surface area contributed by atoms with Gasteiger partial charge in [-0.3, -0.25) is 0 Å². The summed E-state index contributed by atoms with van der Waals surface area (Å²) in [4.78, 5) is 3.27. The van der Waals surface area contributed by atoms with E-state index >= 15 is 0 Å². The van der Waals surface area contributed by atoms with Gasteiger partial charge in [0.05, 0.1) is 0 Å². The molecule has 84 valence electrons. The SMILES string of the molecule is Fc1sc(-c2ccccc2)nc1C(F)(F)F. The summed E-state index contributed by atoms with van der Waals surface area (Å²) in [5, 5.41) is -1.27. The van der Waals surface area contributed by atoms with E-state index in [0.717, 1.165) is 0 Å². The molecule has 16 heavy (non-hydrogen) atoms. The minimum Gasteiger partial charge on any atom is -0.228 e. The normalized spacial score (nSPS) is 11.8. The average Bonchev–Trinajstić information content (AvgIpc) is 2.61. The number of alkyl halides is 3. The third-order valence-corrected chi connectivity index (χ3v) is 2.77. The molecule has 0 aliphatic carbocycles. The van der Waals surface area contributed by atoms with E-state index in [0.29, 0.717) is 16.9 Å². The molecule has 0 saturated carbocycles. The first kappa shape index (κ1) is 11.1. The molecule has 2 rings (SSSR count). The van der Waals surface area contributed by atoms with Gasteiger partial charge in [-0.25, -0.2) is 4.98 Å². The van der Waals surface area contributed by atoms with Gasteiger partial charge in [0.1, 0.15) is 5.01 Å². The highest BCUT2D eigenvalue weighted by Crippen LogP contribution is 2.36. The Morgan fingerprint density at radius 1 is 1.06 bits per heavy atom. The lowest BCUT2D eigenvalue weighted by atomic mass is 10.2. The van der Waals surface area contributed by atoms with Crippen LogP contribution in [0.2, 0.25) is 0 Å². The second kappa shape index (κ2) is 3.86. The Bertz CT molecular complexity index is 489. The molecule has 0 unspecified atom stereocenters. The summed E-state index contributed by atoms with van der Waals surface area (Å²) in [6, 6.07) is 8.19. The van der Waals surface area contributed by atoms with Gasteiger partial charge in [0.15, 0.2) is 5.69 Å². The molecule has 0 spiro atoms. The third-order valence-electron chi connectivity index (χ3n) is 1.88. The first-order valence-corrected chi connectivity index (χ1v) is 5.09. The van der Waals surface area contributed by atoms with Crippen LogP contribution in [0.5, 0.6) is 0 Å². The lowest BCUT2D eigenvalue weighted by molar-refractivity contribution is -0.142. The third kappa shape index (κ3) is 2.06. The largest absolute Gasteiger partial charge is 0.437 e. The van der Waals surface area contributed by atoms with Crippen LogP contribution < -0.4 is 0 Å². The predicted octanol–water partition coefficient (Wildman–Crippen LogP) is 3.97. The van der Waals surface area contributed by atoms with Gasteiger partial charge in [0.2, 0.25) is 5.13 Å². The fourth-order valence-corrected chi connectivity index (χ4v) is 2.00. The number of rotatable bonds is 1. The highest BCUT2D eigenvalue weighted by atomic mass is 32.1. The molecule has 0 amide bonds. The average molecular weight is 247 g/mol. The number of nitrogens with zero attached hydrogens (tertiary/aromatic N) is 1. The van der Waals surface area contributed by atoms with Crippen LogP contribution in [0.25, 0.3) is 10.6 Å². The van der Waals surface area contributed by atoms with Crippen LogP contribution in [0.4, 0.5) is 17.6 Å². The topological polar surface area (TPSA) is 12.9 Å². The summed E-state index contributed by atoms with van der Waals surface area (Å²) in [6.07, 6.45) is -4.74. The minimum absolute atomic E-state index is 0.0328. The highest BCUT2D eigenvalue weighted by molar-refractivity contribution is 7.13. The Hall–Kier alpha value is -1.43. The molecule has 6 heteroatoms. The standard InChI is InChI=1S/C10H5F4NS/c11-8-7(10(12,13)14)15-9(16-8)6-4-2-1-3-5-6/h1-5H. The van der Waals surface area contributed by atoms with Gasteiger partial charge >= 0.3 is 6.18 Å². The molecule has 0 N–H and O–H groups in total. The van der Waals surface area contributed by atoms with Crippen LogP contribution in [0, 0.1) is 5.13 Å². The molecule has 1 heterocycles. The monoisotopic (exact) mass is 247 g/mol. The summed E-state index contributed by atoms with van der Waals surface area (Å²) in [5.41, 5.74) is -0.974. The van der Waals surface area contributed by atoms with E-state index in [1.165, 1.54) is 0 Å². The summed E-state index contributed by atoms with van der Waals surface area (Å²) in [6.45, 7) is 0.